The van der Waals surface area contributed by atoms with Gasteiger partial charge in [-0.2, -0.15) is 0 Å². The van der Waals surface area contributed by atoms with E-state index < -0.39 is 0 Å². The molecule has 0 unspecified atom stereocenters. The number of carbonyl (C=O) groups is 1. The first-order valence-corrected chi connectivity index (χ1v) is 9.31. The highest BCUT2D eigenvalue weighted by Gasteiger charge is 2.42. The number of fused-ring (bicyclic) bond motifs is 4. The maximum atomic E-state index is 12.7. The minimum atomic E-state index is -0.0401. The summed E-state index contributed by atoms with van der Waals surface area (Å²) in [6.45, 7) is 2.53. The fraction of sp³-hybridized carbons (Fsp3) is 0.333. The van der Waals surface area contributed by atoms with Crippen molar-refractivity contribution < 1.29 is 4.79 Å². The van der Waals surface area contributed by atoms with Gasteiger partial charge in [0.2, 0.25) is 0 Å². The Morgan fingerprint density at radius 3 is 2.65 bits per heavy atom. The standard InChI is InChI=1S/C21H22N4O/c26-20(15-5-10-22-11-6-15)25-13-8-21(9-14-25)19-17(7-12-23-21)16-3-1-2-4-18(16)24-19/h1-6,10-11,23-24H,7-9,12-14H2. The van der Waals surface area contributed by atoms with E-state index in [0.717, 1.165) is 44.5 Å². The van der Waals surface area contributed by atoms with Crippen LogP contribution in [0.3, 0.4) is 0 Å². The molecule has 5 heteroatoms. The molecule has 1 saturated heterocycles. The summed E-state index contributed by atoms with van der Waals surface area (Å²) in [6, 6.07) is 12.2. The van der Waals surface area contributed by atoms with Crippen molar-refractivity contribution in [2.24, 2.45) is 0 Å². The first kappa shape index (κ1) is 15.6. The van der Waals surface area contributed by atoms with Crippen molar-refractivity contribution in [2.75, 3.05) is 19.6 Å². The molecule has 5 nitrogen and oxygen atoms in total. The van der Waals surface area contributed by atoms with Gasteiger partial charge in [0.15, 0.2) is 0 Å². The van der Waals surface area contributed by atoms with Crippen LogP contribution in [0, 0.1) is 0 Å². The third-order valence-electron chi connectivity index (χ3n) is 5.96. The van der Waals surface area contributed by atoms with Crippen LogP contribution in [0.2, 0.25) is 0 Å². The molecule has 1 aromatic carbocycles. The lowest BCUT2D eigenvalue weighted by Crippen LogP contribution is -2.55. The highest BCUT2D eigenvalue weighted by atomic mass is 16.2. The second-order valence-corrected chi connectivity index (χ2v) is 7.31. The van der Waals surface area contributed by atoms with Gasteiger partial charge in [0.1, 0.15) is 0 Å². The van der Waals surface area contributed by atoms with Crippen molar-refractivity contribution in [1.82, 2.24) is 20.2 Å². The molecule has 1 fully saturated rings. The number of nitrogens with one attached hydrogen (secondary N) is 2. The Kier molecular flexibility index (Phi) is 3.57. The number of piperidine rings is 1. The molecule has 1 spiro atoms. The van der Waals surface area contributed by atoms with Crippen LogP contribution in [0.5, 0.6) is 0 Å². The Morgan fingerprint density at radius 1 is 1.08 bits per heavy atom. The summed E-state index contributed by atoms with van der Waals surface area (Å²) in [6.07, 6.45) is 6.28. The number of pyridine rings is 1. The molecular weight excluding hydrogens is 324 g/mol. The average molecular weight is 346 g/mol. The summed E-state index contributed by atoms with van der Waals surface area (Å²) >= 11 is 0. The zero-order valence-corrected chi connectivity index (χ0v) is 14.7. The number of aromatic nitrogens is 2. The molecule has 1 amide bonds. The van der Waals surface area contributed by atoms with E-state index in [0.29, 0.717) is 0 Å². The lowest BCUT2D eigenvalue weighted by molar-refractivity contribution is 0.0626. The molecule has 0 atom stereocenters. The summed E-state index contributed by atoms with van der Waals surface area (Å²) in [5.74, 6) is 0.106. The third-order valence-corrected chi connectivity index (χ3v) is 5.96. The molecule has 2 aromatic heterocycles. The molecular formula is C21H22N4O. The number of H-pyrrole nitrogens is 1. The van der Waals surface area contributed by atoms with E-state index in [4.69, 9.17) is 0 Å². The van der Waals surface area contributed by atoms with E-state index in [9.17, 15) is 4.79 Å². The number of nitrogens with zero attached hydrogens (tertiary/aromatic N) is 2. The number of rotatable bonds is 1. The van der Waals surface area contributed by atoms with Gasteiger partial charge in [0, 0.05) is 54.2 Å². The van der Waals surface area contributed by atoms with E-state index in [1.807, 2.05) is 4.90 Å². The number of carbonyl (C=O) groups excluding carboxylic acids is 1. The van der Waals surface area contributed by atoms with E-state index in [-0.39, 0.29) is 11.4 Å². The van der Waals surface area contributed by atoms with Crippen LogP contribution in [0.1, 0.15) is 34.5 Å². The summed E-state index contributed by atoms with van der Waals surface area (Å²) in [5, 5.41) is 5.12. The van der Waals surface area contributed by atoms with Crippen LogP contribution >= 0.6 is 0 Å². The van der Waals surface area contributed by atoms with Gasteiger partial charge in [-0.05, 0) is 43.0 Å². The van der Waals surface area contributed by atoms with Crippen molar-refractivity contribution >= 4 is 16.8 Å². The monoisotopic (exact) mass is 346 g/mol. The largest absolute Gasteiger partial charge is 0.357 e. The Bertz CT molecular complexity index is 955. The predicted octanol–water partition coefficient (Wildman–Crippen LogP) is 2.84. The molecule has 0 saturated carbocycles. The van der Waals surface area contributed by atoms with E-state index >= 15 is 0 Å². The first-order valence-electron chi connectivity index (χ1n) is 9.31. The molecule has 0 radical (unpaired) electrons. The molecule has 5 rings (SSSR count). The normalized spacial score (nSPS) is 18.8. The molecule has 0 aliphatic carbocycles. The highest BCUT2D eigenvalue weighted by molar-refractivity contribution is 5.94. The maximum Gasteiger partial charge on any atom is 0.253 e. The molecule has 0 bridgehead atoms. The number of amides is 1. The zero-order valence-electron chi connectivity index (χ0n) is 14.7. The van der Waals surface area contributed by atoms with Crippen LogP contribution in [0.15, 0.2) is 48.8 Å². The summed E-state index contributed by atoms with van der Waals surface area (Å²) < 4.78 is 0. The van der Waals surface area contributed by atoms with Gasteiger partial charge >= 0.3 is 0 Å². The van der Waals surface area contributed by atoms with E-state index in [2.05, 4.69) is 39.6 Å². The van der Waals surface area contributed by atoms with Crippen molar-refractivity contribution in [2.45, 2.75) is 24.8 Å². The second-order valence-electron chi connectivity index (χ2n) is 7.31. The minimum Gasteiger partial charge on any atom is -0.357 e. The molecule has 2 aliphatic rings. The summed E-state index contributed by atoms with van der Waals surface area (Å²) in [5.41, 5.74) is 4.69. The smallest absolute Gasteiger partial charge is 0.253 e. The van der Waals surface area contributed by atoms with Gasteiger partial charge in [-0.1, -0.05) is 18.2 Å². The van der Waals surface area contributed by atoms with E-state index in [1.54, 1.807) is 24.5 Å². The molecule has 2 aliphatic heterocycles. The molecule has 132 valence electrons. The van der Waals surface area contributed by atoms with Crippen LogP contribution < -0.4 is 5.32 Å². The zero-order chi connectivity index (χ0) is 17.6. The number of benzene rings is 1. The molecule has 26 heavy (non-hydrogen) atoms. The lowest BCUT2D eigenvalue weighted by Gasteiger charge is -2.44. The lowest BCUT2D eigenvalue weighted by atomic mass is 9.79. The Labute approximate surface area is 152 Å². The number of aromatic amines is 1. The van der Waals surface area contributed by atoms with Crippen molar-refractivity contribution in [1.29, 1.82) is 0 Å². The molecule has 4 heterocycles. The third kappa shape index (κ3) is 2.35. The average Bonchev–Trinajstić information content (AvgIpc) is 3.09. The SMILES string of the molecule is O=C(c1ccncc1)N1CCC2(CC1)NCCc1c2[nH]c2ccccc12. The van der Waals surface area contributed by atoms with Crippen molar-refractivity contribution in [3.05, 3.63) is 65.6 Å². The van der Waals surface area contributed by atoms with Crippen molar-refractivity contribution in [3.63, 3.8) is 0 Å². The second kappa shape index (κ2) is 5.95. The highest BCUT2D eigenvalue weighted by Crippen LogP contribution is 2.40. The van der Waals surface area contributed by atoms with Crippen LogP contribution in [0.25, 0.3) is 10.9 Å². The number of hydrogen-bond acceptors (Lipinski definition) is 3. The van der Waals surface area contributed by atoms with Gasteiger partial charge in [-0.3, -0.25) is 9.78 Å². The van der Waals surface area contributed by atoms with Crippen molar-refractivity contribution in [3.8, 4) is 0 Å². The number of hydrogen-bond donors (Lipinski definition) is 2. The Hall–Kier alpha value is -2.66. The Morgan fingerprint density at radius 2 is 1.85 bits per heavy atom. The molecule has 3 aromatic rings. The summed E-state index contributed by atoms with van der Waals surface area (Å²) in [7, 11) is 0. The van der Waals surface area contributed by atoms with Gasteiger partial charge in [-0.25, -0.2) is 0 Å². The quantitative estimate of drug-likeness (QED) is 0.712. The summed E-state index contributed by atoms with van der Waals surface area (Å²) in [4.78, 5) is 22.4. The van der Waals surface area contributed by atoms with Gasteiger partial charge in [0.05, 0.1) is 5.54 Å². The van der Waals surface area contributed by atoms with Gasteiger partial charge < -0.3 is 15.2 Å². The van der Waals surface area contributed by atoms with Crippen LogP contribution in [-0.4, -0.2) is 40.4 Å². The fourth-order valence-corrected chi connectivity index (χ4v) is 4.58. The first-order chi connectivity index (χ1) is 12.8. The molecule has 2 N–H and O–H groups in total. The predicted molar refractivity (Wildman–Crippen MR) is 101 cm³/mol. The number of likely N-dealkylation sites (tertiary alicyclic amines) is 1. The van der Waals surface area contributed by atoms with Gasteiger partial charge in [-0.15, -0.1) is 0 Å². The fourth-order valence-electron chi connectivity index (χ4n) is 4.58. The van der Waals surface area contributed by atoms with E-state index in [1.165, 1.54) is 22.2 Å². The van der Waals surface area contributed by atoms with Gasteiger partial charge in [0.25, 0.3) is 5.91 Å². The minimum absolute atomic E-state index is 0.0401. The topological polar surface area (TPSA) is 61.0 Å². The maximum absolute atomic E-state index is 12.7. The number of para-hydroxylation sites is 1. The van der Waals surface area contributed by atoms with Crippen LogP contribution in [-0.2, 0) is 12.0 Å². The van der Waals surface area contributed by atoms with Crippen LogP contribution in [0.4, 0.5) is 0 Å². The Balaban J connectivity index is 1.43.